The zero-order chi connectivity index (χ0) is 31.3. The largest absolute Gasteiger partial charge is 0.494 e. The number of amides is 1. The highest BCUT2D eigenvalue weighted by molar-refractivity contribution is 7.92. The Morgan fingerprint density at radius 1 is 1.05 bits per heavy atom. The van der Waals surface area contributed by atoms with Crippen LogP contribution in [0.2, 0.25) is 0 Å². The van der Waals surface area contributed by atoms with Gasteiger partial charge in [-0.05, 0) is 57.1 Å². The number of sulfonamides is 1. The first kappa shape index (κ1) is 31.6. The zero-order valence-electron chi connectivity index (χ0n) is 25.5. The molecule has 13 heteroatoms. The molecule has 12 nitrogen and oxygen atoms in total. The van der Waals surface area contributed by atoms with Crippen LogP contribution >= 0.6 is 0 Å². The van der Waals surface area contributed by atoms with Gasteiger partial charge in [-0.15, -0.1) is 0 Å². The fourth-order valence-corrected chi connectivity index (χ4v) is 4.95. The minimum atomic E-state index is -3.48. The summed E-state index contributed by atoms with van der Waals surface area (Å²) < 4.78 is 31.6. The van der Waals surface area contributed by atoms with E-state index in [9.17, 15) is 13.2 Å². The molecular weight excluding hydrogens is 568 g/mol. The van der Waals surface area contributed by atoms with Crippen LogP contribution < -0.4 is 29.9 Å². The average Bonchev–Trinajstić information content (AvgIpc) is 3.81. The molecule has 1 amide bonds. The van der Waals surface area contributed by atoms with Crippen molar-refractivity contribution in [3.63, 3.8) is 0 Å². The van der Waals surface area contributed by atoms with Crippen molar-refractivity contribution in [3.05, 3.63) is 60.8 Å². The number of para-hydroxylation sites is 2. The highest BCUT2D eigenvalue weighted by atomic mass is 32.2. The Labute approximate surface area is 253 Å². The monoisotopic (exact) mass is 608 g/mol. The third-order valence-electron chi connectivity index (χ3n) is 7.13. The van der Waals surface area contributed by atoms with E-state index in [1.165, 1.54) is 17.4 Å². The number of carbonyl (C=O) groups excluding carboxylic acids is 1. The number of likely N-dealkylation sites (N-methyl/N-ethyl adjacent to an activating group) is 2. The molecule has 0 atom stereocenters. The number of aromatic nitrogens is 2. The summed E-state index contributed by atoms with van der Waals surface area (Å²) in [5.41, 5.74) is 3.94. The molecule has 1 aliphatic rings. The fourth-order valence-electron chi connectivity index (χ4n) is 4.43. The van der Waals surface area contributed by atoms with Crippen LogP contribution in [-0.2, 0) is 14.8 Å². The number of rotatable bonds is 14. The van der Waals surface area contributed by atoms with Gasteiger partial charge in [0.2, 0.25) is 21.9 Å². The van der Waals surface area contributed by atoms with Crippen molar-refractivity contribution < 1.29 is 17.9 Å². The quantitative estimate of drug-likeness (QED) is 0.227. The van der Waals surface area contributed by atoms with E-state index in [1.807, 2.05) is 44.2 Å². The molecule has 0 radical (unpaired) electrons. The molecule has 1 aromatic heterocycles. The second-order valence-electron chi connectivity index (χ2n) is 10.8. The Kier molecular flexibility index (Phi) is 9.77. The standard InChI is InChI=1S/C30H40N8O4S/c1-8-28(39)32-23-17-24(27(42-6)18-26(23)37(4)16-15-36(2)3)34-30-31-19-21(20-13-14-20)29(35-30)33-22-11-9-10-12-25(22)38(5)43(7,40)41/h8-12,17-20H,1,13-16H2,2-7H3,(H,32,39)(H2,31,33,34,35). The fraction of sp³-hybridized carbons (Fsp3) is 0.367. The van der Waals surface area contributed by atoms with Gasteiger partial charge in [-0.3, -0.25) is 9.10 Å². The summed E-state index contributed by atoms with van der Waals surface area (Å²) in [6.45, 7) is 5.11. The maximum Gasteiger partial charge on any atom is 0.247 e. The lowest BCUT2D eigenvalue weighted by Crippen LogP contribution is -2.29. The summed E-state index contributed by atoms with van der Waals surface area (Å²) in [7, 11) is 5.56. The minimum absolute atomic E-state index is 0.300. The van der Waals surface area contributed by atoms with Gasteiger partial charge in [-0.2, -0.15) is 4.98 Å². The van der Waals surface area contributed by atoms with Crippen LogP contribution in [0, 0.1) is 0 Å². The number of ether oxygens (including phenoxy) is 1. The van der Waals surface area contributed by atoms with Gasteiger partial charge in [-0.25, -0.2) is 13.4 Å². The van der Waals surface area contributed by atoms with Crippen LogP contribution in [-0.4, -0.2) is 83.8 Å². The first-order valence-corrected chi connectivity index (χ1v) is 15.7. The molecular formula is C30H40N8O4S. The normalized spacial score (nSPS) is 12.9. The number of benzene rings is 2. The van der Waals surface area contributed by atoms with E-state index in [0.717, 1.165) is 43.4 Å². The molecule has 3 N–H and O–H groups in total. The summed E-state index contributed by atoms with van der Waals surface area (Å²) >= 11 is 0. The van der Waals surface area contributed by atoms with Crippen molar-refractivity contribution >= 4 is 56.1 Å². The van der Waals surface area contributed by atoms with Crippen molar-refractivity contribution in [2.45, 2.75) is 18.8 Å². The lowest BCUT2D eigenvalue weighted by atomic mass is 10.2. The van der Waals surface area contributed by atoms with Crippen LogP contribution in [0.25, 0.3) is 0 Å². The van der Waals surface area contributed by atoms with Crippen LogP contribution in [0.15, 0.2) is 55.3 Å². The second kappa shape index (κ2) is 13.3. The number of anilines is 7. The number of hydrogen-bond donors (Lipinski definition) is 3. The number of nitrogens with zero attached hydrogens (tertiary/aromatic N) is 5. The highest BCUT2D eigenvalue weighted by Crippen LogP contribution is 2.44. The molecule has 0 unspecified atom stereocenters. The SMILES string of the molecule is C=CC(=O)Nc1cc(Nc2ncc(C3CC3)c(Nc3ccccc3N(C)S(C)(=O)=O)n2)c(OC)cc1N(C)CCN(C)C. The summed E-state index contributed by atoms with van der Waals surface area (Å²) in [6.07, 6.45) is 6.22. The molecule has 1 saturated carbocycles. The predicted octanol–water partition coefficient (Wildman–Crippen LogP) is 4.37. The molecule has 1 fully saturated rings. The molecule has 0 spiro atoms. The predicted molar refractivity (Wildman–Crippen MR) is 174 cm³/mol. The van der Waals surface area contributed by atoms with Gasteiger partial charge in [0, 0.05) is 45.0 Å². The smallest absolute Gasteiger partial charge is 0.247 e. The van der Waals surface area contributed by atoms with E-state index in [4.69, 9.17) is 9.72 Å². The van der Waals surface area contributed by atoms with Crippen LogP contribution in [0.5, 0.6) is 5.75 Å². The van der Waals surface area contributed by atoms with E-state index >= 15 is 0 Å². The first-order chi connectivity index (χ1) is 20.4. The lowest BCUT2D eigenvalue weighted by Gasteiger charge is -2.26. The molecule has 1 aliphatic carbocycles. The van der Waals surface area contributed by atoms with Crippen molar-refractivity contribution in [3.8, 4) is 5.75 Å². The molecule has 4 rings (SSSR count). The van der Waals surface area contributed by atoms with E-state index in [1.54, 1.807) is 31.5 Å². The summed E-state index contributed by atoms with van der Waals surface area (Å²) in [4.78, 5) is 25.8. The van der Waals surface area contributed by atoms with Crippen LogP contribution in [0.1, 0.15) is 24.3 Å². The minimum Gasteiger partial charge on any atom is -0.494 e. The Hall–Kier alpha value is -4.36. The molecule has 1 heterocycles. The zero-order valence-corrected chi connectivity index (χ0v) is 26.3. The first-order valence-electron chi connectivity index (χ1n) is 13.9. The van der Waals surface area contributed by atoms with Gasteiger partial charge in [-0.1, -0.05) is 18.7 Å². The highest BCUT2D eigenvalue weighted by Gasteiger charge is 2.28. The summed E-state index contributed by atoms with van der Waals surface area (Å²) in [6, 6.07) is 10.8. The molecule has 43 heavy (non-hydrogen) atoms. The van der Waals surface area contributed by atoms with Gasteiger partial charge in [0.25, 0.3) is 0 Å². The Balaban J connectivity index is 1.71. The molecule has 2 aromatic carbocycles. The van der Waals surface area contributed by atoms with Crippen molar-refractivity contribution in [2.24, 2.45) is 0 Å². The van der Waals surface area contributed by atoms with Crippen molar-refractivity contribution in [1.29, 1.82) is 0 Å². The second-order valence-corrected chi connectivity index (χ2v) is 12.8. The number of methoxy groups -OCH3 is 1. The van der Waals surface area contributed by atoms with Crippen molar-refractivity contribution in [1.82, 2.24) is 14.9 Å². The molecule has 230 valence electrons. The van der Waals surface area contributed by atoms with Gasteiger partial charge in [0.15, 0.2) is 0 Å². The third-order valence-corrected chi connectivity index (χ3v) is 8.32. The van der Waals surface area contributed by atoms with Crippen LogP contribution in [0.3, 0.4) is 0 Å². The van der Waals surface area contributed by atoms with E-state index < -0.39 is 10.0 Å². The third kappa shape index (κ3) is 7.93. The summed E-state index contributed by atoms with van der Waals surface area (Å²) in [5, 5.41) is 9.50. The Morgan fingerprint density at radius 2 is 1.77 bits per heavy atom. The Bertz CT molecular complexity index is 1590. The van der Waals surface area contributed by atoms with Gasteiger partial charge >= 0.3 is 0 Å². The number of hydrogen-bond acceptors (Lipinski definition) is 10. The van der Waals surface area contributed by atoms with E-state index in [0.29, 0.717) is 46.2 Å². The number of carbonyl (C=O) groups is 1. The molecule has 0 saturated heterocycles. The molecule has 0 bridgehead atoms. The maximum atomic E-state index is 12.3. The maximum absolute atomic E-state index is 12.3. The topological polar surface area (TPSA) is 132 Å². The summed E-state index contributed by atoms with van der Waals surface area (Å²) in [5.74, 6) is 1.39. The van der Waals surface area contributed by atoms with E-state index in [-0.39, 0.29) is 5.91 Å². The van der Waals surface area contributed by atoms with E-state index in [2.05, 4.69) is 32.4 Å². The van der Waals surface area contributed by atoms with Gasteiger partial charge in [0.1, 0.15) is 11.6 Å². The average molecular weight is 609 g/mol. The van der Waals surface area contributed by atoms with Crippen molar-refractivity contribution in [2.75, 3.05) is 79.8 Å². The van der Waals surface area contributed by atoms with Gasteiger partial charge < -0.3 is 30.5 Å². The number of nitrogens with one attached hydrogen (secondary N) is 3. The lowest BCUT2D eigenvalue weighted by molar-refractivity contribution is -0.111. The van der Waals surface area contributed by atoms with Crippen LogP contribution in [0.4, 0.5) is 40.2 Å². The Morgan fingerprint density at radius 3 is 2.40 bits per heavy atom. The van der Waals surface area contributed by atoms with Gasteiger partial charge in [0.05, 0.1) is 41.8 Å². The molecule has 0 aliphatic heterocycles. The molecule has 3 aromatic rings.